The van der Waals surface area contributed by atoms with Crippen LogP contribution in [0.5, 0.6) is 0 Å². The quantitative estimate of drug-likeness (QED) is 0.804. The van der Waals surface area contributed by atoms with Gasteiger partial charge in [0, 0.05) is 10.1 Å². The van der Waals surface area contributed by atoms with Gasteiger partial charge in [-0.15, -0.1) is 0 Å². The molecule has 0 saturated carbocycles. The van der Waals surface area contributed by atoms with Gasteiger partial charge in [-0.3, -0.25) is 4.68 Å². The zero-order chi connectivity index (χ0) is 14.0. The summed E-state index contributed by atoms with van der Waals surface area (Å²) in [6, 6.07) is 4.65. The molecule has 1 N–H and O–H groups in total. The number of nitrogens with one attached hydrogen (secondary N) is 1. The average molecular weight is 394 g/mol. The number of hydrogen-bond donors (Lipinski definition) is 1. The van der Waals surface area contributed by atoms with Crippen molar-refractivity contribution in [1.82, 2.24) is 15.1 Å². The molecular formula is C13H14ClFIN3. The summed E-state index contributed by atoms with van der Waals surface area (Å²) in [5, 5.41) is 8.08. The van der Waals surface area contributed by atoms with Crippen LogP contribution in [-0.4, -0.2) is 16.8 Å². The van der Waals surface area contributed by atoms with Crippen molar-refractivity contribution in [2.24, 2.45) is 0 Å². The molecule has 1 heterocycles. The van der Waals surface area contributed by atoms with Crippen molar-refractivity contribution < 1.29 is 4.39 Å². The molecule has 0 bridgehead atoms. The molecule has 19 heavy (non-hydrogen) atoms. The fourth-order valence-electron chi connectivity index (χ4n) is 2.09. The van der Waals surface area contributed by atoms with E-state index in [1.54, 1.807) is 12.3 Å². The summed E-state index contributed by atoms with van der Waals surface area (Å²) in [6.07, 6.45) is 1.64. The normalized spacial score (nSPS) is 12.7. The predicted octanol–water partition coefficient (Wildman–Crippen LogP) is 3.61. The van der Waals surface area contributed by atoms with Gasteiger partial charge in [-0.25, -0.2) is 4.39 Å². The van der Waals surface area contributed by atoms with Gasteiger partial charge in [0.1, 0.15) is 5.82 Å². The molecule has 0 radical (unpaired) electrons. The number of nitrogens with zero attached hydrogens (tertiary/aromatic N) is 2. The number of rotatable bonds is 4. The van der Waals surface area contributed by atoms with Gasteiger partial charge in [0.25, 0.3) is 0 Å². The third-order valence-corrected chi connectivity index (χ3v) is 4.19. The third-order valence-electron chi connectivity index (χ3n) is 2.97. The fourth-order valence-corrected chi connectivity index (χ4v) is 3.13. The minimum atomic E-state index is -0.238. The highest BCUT2D eigenvalue weighted by Crippen LogP contribution is 2.31. The minimum absolute atomic E-state index is 0.109. The monoisotopic (exact) mass is 393 g/mol. The lowest BCUT2D eigenvalue weighted by molar-refractivity contribution is 0.560. The lowest BCUT2D eigenvalue weighted by Gasteiger charge is -2.20. The Balaban J connectivity index is 2.52. The van der Waals surface area contributed by atoms with Gasteiger partial charge in [0.15, 0.2) is 0 Å². The first-order chi connectivity index (χ1) is 9.08. The maximum atomic E-state index is 13.2. The third kappa shape index (κ3) is 2.93. The molecule has 0 spiro atoms. The fraction of sp³-hybridized carbons (Fsp3) is 0.308. The molecule has 1 aromatic carbocycles. The summed E-state index contributed by atoms with van der Waals surface area (Å²) < 4.78 is 15.9. The van der Waals surface area contributed by atoms with Crippen LogP contribution >= 0.6 is 34.2 Å². The van der Waals surface area contributed by atoms with Crippen molar-refractivity contribution in [2.75, 3.05) is 7.05 Å². The van der Waals surface area contributed by atoms with Crippen LogP contribution in [0.25, 0.3) is 0 Å². The summed E-state index contributed by atoms with van der Waals surface area (Å²) in [7, 11) is 1.85. The molecule has 1 atom stereocenters. The van der Waals surface area contributed by atoms with Crippen LogP contribution in [0.2, 0.25) is 5.02 Å². The average Bonchev–Trinajstić information content (AvgIpc) is 2.74. The molecule has 0 amide bonds. The van der Waals surface area contributed by atoms with Gasteiger partial charge < -0.3 is 5.32 Å². The summed E-state index contributed by atoms with van der Waals surface area (Å²) in [5.41, 5.74) is 1.89. The van der Waals surface area contributed by atoms with E-state index in [2.05, 4.69) is 33.0 Å². The summed E-state index contributed by atoms with van der Waals surface area (Å²) in [6.45, 7) is 2.74. The molecule has 0 aliphatic heterocycles. The first-order valence-corrected chi connectivity index (χ1v) is 7.37. The van der Waals surface area contributed by atoms with Crippen molar-refractivity contribution in [3.63, 3.8) is 0 Å². The molecule has 2 rings (SSSR count). The highest BCUT2D eigenvalue weighted by Gasteiger charge is 2.22. The van der Waals surface area contributed by atoms with E-state index in [9.17, 15) is 4.39 Å². The second-order valence-electron chi connectivity index (χ2n) is 4.08. The van der Waals surface area contributed by atoms with E-state index in [0.717, 1.165) is 21.4 Å². The van der Waals surface area contributed by atoms with Gasteiger partial charge in [-0.1, -0.05) is 17.7 Å². The van der Waals surface area contributed by atoms with E-state index in [1.807, 2.05) is 18.7 Å². The maximum Gasteiger partial charge on any atom is 0.124 e. The zero-order valence-electron chi connectivity index (χ0n) is 10.6. The largest absolute Gasteiger partial charge is 0.308 e. The smallest absolute Gasteiger partial charge is 0.124 e. The molecule has 0 aliphatic rings. The summed E-state index contributed by atoms with van der Waals surface area (Å²) >= 11 is 8.36. The van der Waals surface area contributed by atoms with E-state index in [4.69, 9.17) is 11.6 Å². The van der Waals surface area contributed by atoms with Gasteiger partial charge in [0.05, 0.1) is 23.0 Å². The highest BCUT2D eigenvalue weighted by molar-refractivity contribution is 14.1. The Labute approximate surface area is 130 Å². The van der Waals surface area contributed by atoms with Crippen LogP contribution < -0.4 is 5.32 Å². The molecule has 0 aliphatic carbocycles. The van der Waals surface area contributed by atoms with Gasteiger partial charge in [-0.2, -0.15) is 5.10 Å². The highest BCUT2D eigenvalue weighted by atomic mass is 127. The Hall–Kier alpha value is -0.660. The Morgan fingerprint density at radius 2 is 2.26 bits per heavy atom. The second-order valence-corrected chi connectivity index (χ2v) is 5.65. The molecule has 1 aromatic heterocycles. The number of hydrogen-bond acceptors (Lipinski definition) is 2. The van der Waals surface area contributed by atoms with Crippen molar-refractivity contribution in [1.29, 1.82) is 0 Å². The van der Waals surface area contributed by atoms with Crippen LogP contribution in [0.1, 0.15) is 24.2 Å². The molecule has 6 heteroatoms. The lowest BCUT2D eigenvalue weighted by Crippen LogP contribution is -2.22. The van der Waals surface area contributed by atoms with E-state index in [0.29, 0.717) is 5.02 Å². The summed E-state index contributed by atoms with van der Waals surface area (Å²) in [5.74, 6) is -0.238. The molecular weight excluding hydrogens is 380 g/mol. The second kappa shape index (κ2) is 6.19. The Morgan fingerprint density at radius 3 is 2.84 bits per heavy atom. The predicted molar refractivity (Wildman–Crippen MR) is 82.9 cm³/mol. The molecule has 0 saturated heterocycles. The Bertz CT molecular complexity index is 585. The topological polar surface area (TPSA) is 29.9 Å². The van der Waals surface area contributed by atoms with E-state index < -0.39 is 0 Å². The SMILES string of the molecule is CCn1ncc(Cl)c1C(NC)c1ccc(F)cc1I. The van der Waals surface area contributed by atoms with E-state index >= 15 is 0 Å². The van der Waals surface area contributed by atoms with E-state index in [1.165, 1.54) is 12.1 Å². The van der Waals surface area contributed by atoms with E-state index in [-0.39, 0.29) is 11.9 Å². The van der Waals surface area contributed by atoms with Gasteiger partial charge >= 0.3 is 0 Å². The molecule has 1 unspecified atom stereocenters. The number of benzene rings is 1. The van der Waals surface area contributed by atoms with Crippen molar-refractivity contribution in [3.8, 4) is 0 Å². The van der Waals surface area contributed by atoms with Crippen LogP contribution in [0, 0.1) is 9.39 Å². The minimum Gasteiger partial charge on any atom is -0.308 e. The maximum absolute atomic E-state index is 13.2. The van der Waals surface area contributed by atoms with Crippen molar-refractivity contribution in [3.05, 3.63) is 50.1 Å². The standard InChI is InChI=1S/C13H14ClFIN3/c1-3-19-13(10(14)7-18-19)12(17-2)9-5-4-8(15)6-11(9)16/h4-7,12,17H,3H2,1-2H3. The van der Waals surface area contributed by atoms with Crippen molar-refractivity contribution in [2.45, 2.75) is 19.5 Å². The lowest BCUT2D eigenvalue weighted by atomic mass is 10.0. The van der Waals surface area contributed by atoms with Gasteiger partial charge in [0.2, 0.25) is 0 Å². The molecule has 3 nitrogen and oxygen atoms in total. The number of aryl methyl sites for hydroxylation is 1. The molecule has 2 aromatic rings. The van der Waals surface area contributed by atoms with Crippen LogP contribution in [0.4, 0.5) is 4.39 Å². The first-order valence-electron chi connectivity index (χ1n) is 5.91. The summed E-state index contributed by atoms with van der Waals surface area (Å²) in [4.78, 5) is 0. The molecule has 102 valence electrons. The van der Waals surface area contributed by atoms with Crippen molar-refractivity contribution >= 4 is 34.2 Å². The van der Waals surface area contributed by atoms with Crippen LogP contribution in [-0.2, 0) is 6.54 Å². The number of aromatic nitrogens is 2. The zero-order valence-corrected chi connectivity index (χ0v) is 13.5. The number of halogens is 3. The van der Waals surface area contributed by atoms with Crippen LogP contribution in [0.3, 0.4) is 0 Å². The Morgan fingerprint density at radius 1 is 1.53 bits per heavy atom. The molecule has 0 fully saturated rings. The first kappa shape index (κ1) is 14.7. The van der Waals surface area contributed by atoms with Gasteiger partial charge in [-0.05, 0) is 54.3 Å². The van der Waals surface area contributed by atoms with Crippen LogP contribution in [0.15, 0.2) is 24.4 Å². The Kier molecular flexibility index (Phi) is 4.81.